The zero-order valence-electron chi connectivity index (χ0n) is 16.9. The maximum absolute atomic E-state index is 11.7. The van der Waals surface area contributed by atoms with Crippen LogP contribution in [0.15, 0.2) is 54.7 Å². The molecule has 1 aromatic heterocycles. The molecular weight excluding hydrogens is 436 g/mol. The van der Waals surface area contributed by atoms with Crippen LogP contribution in [0.25, 0.3) is 0 Å². The minimum atomic E-state index is -3.86. The molecule has 0 radical (unpaired) electrons. The minimum Gasteiger partial charge on any atom is -0.382 e. The molecule has 11 nitrogen and oxygen atoms in total. The van der Waals surface area contributed by atoms with Crippen molar-refractivity contribution < 1.29 is 22.2 Å². The van der Waals surface area contributed by atoms with E-state index in [4.69, 9.17) is 15.7 Å². The third-order valence-corrected chi connectivity index (χ3v) is 4.58. The molecule has 3 rings (SSSR count). The summed E-state index contributed by atoms with van der Waals surface area (Å²) < 4.78 is 27.6. The molecule has 166 valence electrons. The van der Waals surface area contributed by atoms with Gasteiger partial charge >= 0.3 is 10.1 Å². The zero-order chi connectivity index (χ0) is 23.3. The van der Waals surface area contributed by atoms with E-state index in [0.717, 1.165) is 11.8 Å². The monoisotopic (exact) mass is 456 g/mol. The van der Waals surface area contributed by atoms with Crippen LogP contribution in [0.1, 0.15) is 26.3 Å². The van der Waals surface area contributed by atoms with Gasteiger partial charge in [0.2, 0.25) is 5.95 Å². The number of amides is 2. The van der Waals surface area contributed by atoms with Gasteiger partial charge in [-0.3, -0.25) is 9.59 Å². The molecule has 0 aliphatic heterocycles. The van der Waals surface area contributed by atoms with Crippen LogP contribution in [-0.4, -0.2) is 36.5 Å². The summed E-state index contributed by atoms with van der Waals surface area (Å²) in [5.41, 5.74) is 12.0. The number of rotatable bonds is 9. The van der Waals surface area contributed by atoms with Gasteiger partial charge in [0.1, 0.15) is 5.82 Å². The maximum atomic E-state index is 11.7. The summed E-state index contributed by atoms with van der Waals surface area (Å²) in [6, 6.07) is 13.5. The Labute approximate surface area is 183 Å². The molecule has 32 heavy (non-hydrogen) atoms. The molecule has 6 N–H and O–H groups in total. The Morgan fingerprint density at radius 2 is 1.72 bits per heavy atom. The van der Waals surface area contributed by atoms with E-state index in [1.807, 2.05) is 30.3 Å². The molecule has 0 aliphatic rings. The molecular formula is C20H20N6O5S. The van der Waals surface area contributed by atoms with Crippen molar-refractivity contribution in [2.45, 2.75) is 6.54 Å². The van der Waals surface area contributed by atoms with Crippen molar-refractivity contribution in [1.82, 2.24) is 9.97 Å². The lowest BCUT2D eigenvalue weighted by Gasteiger charge is -2.13. The summed E-state index contributed by atoms with van der Waals surface area (Å²) in [5, 5.41) is 5.92. The van der Waals surface area contributed by atoms with Crippen molar-refractivity contribution in [2.75, 3.05) is 16.9 Å². The highest BCUT2D eigenvalue weighted by Crippen LogP contribution is 2.26. The van der Waals surface area contributed by atoms with Crippen LogP contribution in [0, 0.1) is 0 Å². The Bertz CT molecular complexity index is 1260. The van der Waals surface area contributed by atoms with Gasteiger partial charge in [0.25, 0.3) is 11.8 Å². The van der Waals surface area contributed by atoms with E-state index in [2.05, 4.69) is 20.6 Å². The van der Waals surface area contributed by atoms with E-state index in [9.17, 15) is 18.0 Å². The quantitative estimate of drug-likeness (QED) is 0.346. The first-order valence-corrected chi connectivity index (χ1v) is 11.0. The standard InChI is InChI=1S/C20H20N6O5S/c1-32(29,30)31-16-8-7-13(9-14(16)17(21)27)25-20-24-11-15(18(22)28)19(26-20)23-10-12-5-3-2-4-6-12/h2-9,11H,10H2,1H3,(H2,21,27)(H2,22,28)(H2,23,24,25,26). The molecule has 0 bridgehead atoms. The van der Waals surface area contributed by atoms with Crippen molar-refractivity contribution in [3.8, 4) is 5.75 Å². The Morgan fingerprint density at radius 1 is 1.03 bits per heavy atom. The average Bonchev–Trinajstić information content (AvgIpc) is 2.73. The highest BCUT2D eigenvalue weighted by atomic mass is 32.2. The van der Waals surface area contributed by atoms with E-state index < -0.39 is 21.9 Å². The van der Waals surface area contributed by atoms with E-state index >= 15 is 0 Å². The number of nitrogens with two attached hydrogens (primary N) is 2. The number of carbonyl (C=O) groups excluding carboxylic acids is 2. The summed E-state index contributed by atoms with van der Waals surface area (Å²) in [6.07, 6.45) is 2.11. The normalized spacial score (nSPS) is 10.9. The molecule has 12 heteroatoms. The Kier molecular flexibility index (Phi) is 6.54. The van der Waals surface area contributed by atoms with Gasteiger partial charge in [0, 0.05) is 18.4 Å². The average molecular weight is 456 g/mol. The van der Waals surface area contributed by atoms with Crippen LogP contribution in [-0.2, 0) is 16.7 Å². The SMILES string of the molecule is CS(=O)(=O)Oc1ccc(Nc2ncc(C(N)=O)c(NCc3ccccc3)n2)cc1C(N)=O. The summed E-state index contributed by atoms with van der Waals surface area (Å²) >= 11 is 0. The summed E-state index contributed by atoms with van der Waals surface area (Å²) in [7, 11) is -3.86. The zero-order valence-corrected chi connectivity index (χ0v) is 17.7. The van der Waals surface area contributed by atoms with E-state index in [1.165, 1.54) is 24.4 Å². The topological polar surface area (TPSA) is 179 Å². The minimum absolute atomic E-state index is 0.0952. The van der Waals surface area contributed by atoms with Crippen molar-refractivity contribution in [1.29, 1.82) is 0 Å². The number of carbonyl (C=O) groups is 2. The molecule has 0 fully saturated rings. The molecule has 2 aromatic carbocycles. The second-order valence-electron chi connectivity index (χ2n) is 6.65. The number of aromatic nitrogens is 2. The number of nitrogens with one attached hydrogen (secondary N) is 2. The molecule has 3 aromatic rings. The molecule has 0 spiro atoms. The van der Waals surface area contributed by atoms with Gasteiger partial charge in [0.15, 0.2) is 5.75 Å². The van der Waals surface area contributed by atoms with Crippen LogP contribution in [0.5, 0.6) is 5.75 Å². The number of primary amides is 2. The predicted molar refractivity (Wildman–Crippen MR) is 118 cm³/mol. The largest absolute Gasteiger partial charge is 0.382 e. The fraction of sp³-hybridized carbons (Fsp3) is 0.100. The van der Waals surface area contributed by atoms with Gasteiger partial charge in [-0.15, -0.1) is 0 Å². The second kappa shape index (κ2) is 9.31. The van der Waals surface area contributed by atoms with Gasteiger partial charge in [-0.2, -0.15) is 13.4 Å². The Morgan fingerprint density at radius 3 is 2.34 bits per heavy atom. The molecule has 0 aliphatic carbocycles. The first-order valence-electron chi connectivity index (χ1n) is 9.17. The van der Waals surface area contributed by atoms with Gasteiger partial charge in [-0.1, -0.05) is 30.3 Å². The van der Waals surface area contributed by atoms with Gasteiger partial charge in [-0.25, -0.2) is 4.98 Å². The Balaban J connectivity index is 1.87. The van der Waals surface area contributed by atoms with Crippen molar-refractivity contribution in [3.63, 3.8) is 0 Å². The lowest BCUT2D eigenvalue weighted by atomic mass is 10.1. The van der Waals surface area contributed by atoms with Crippen LogP contribution < -0.4 is 26.3 Å². The van der Waals surface area contributed by atoms with Crippen LogP contribution in [0.4, 0.5) is 17.5 Å². The van der Waals surface area contributed by atoms with E-state index in [0.29, 0.717) is 12.2 Å². The number of hydrogen-bond acceptors (Lipinski definition) is 9. The summed E-state index contributed by atoms with van der Waals surface area (Å²) in [5.74, 6) is -1.49. The predicted octanol–water partition coefficient (Wildman–Crippen LogP) is 1.37. The van der Waals surface area contributed by atoms with E-state index in [-0.39, 0.29) is 28.6 Å². The molecule has 2 amide bonds. The van der Waals surface area contributed by atoms with Crippen LogP contribution in [0.3, 0.4) is 0 Å². The smallest absolute Gasteiger partial charge is 0.306 e. The molecule has 0 atom stereocenters. The molecule has 0 unspecified atom stereocenters. The highest BCUT2D eigenvalue weighted by molar-refractivity contribution is 7.86. The lowest BCUT2D eigenvalue weighted by molar-refractivity contribution is 0.0991. The first-order chi connectivity index (χ1) is 15.1. The summed E-state index contributed by atoms with van der Waals surface area (Å²) in [6.45, 7) is 0.390. The van der Waals surface area contributed by atoms with Crippen molar-refractivity contribution in [3.05, 3.63) is 71.4 Å². The summed E-state index contributed by atoms with van der Waals surface area (Å²) in [4.78, 5) is 31.8. The fourth-order valence-electron chi connectivity index (χ4n) is 2.70. The van der Waals surface area contributed by atoms with Crippen molar-refractivity contribution >= 4 is 39.4 Å². The molecule has 0 saturated carbocycles. The van der Waals surface area contributed by atoms with E-state index in [1.54, 1.807) is 0 Å². The molecule has 1 heterocycles. The Hall–Kier alpha value is -4.19. The fourth-order valence-corrected chi connectivity index (χ4v) is 3.18. The number of anilines is 3. The number of benzene rings is 2. The third-order valence-electron chi connectivity index (χ3n) is 4.10. The second-order valence-corrected chi connectivity index (χ2v) is 8.22. The lowest BCUT2D eigenvalue weighted by Crippen LogP contribution is -2.17. The van der Waals surface area contributed by atoms with Crippen LogP contribution in [0.2, 0.25) is 0 Å². The third kappa shape index (κ3) is 5.92. The van der Waals surface area contributed by atoms with Crippen LogP contribution >= 0.6 is 0 Å². The van der Waals surface area contributed by atoms with Gasteiger partial charge in [0.05, 0.1) is 17.4 Å². The highest BCUT2D eigenvalue weighted by Gasteiger charge is 2.16. The van der Waals surface area contributed by atoms with Crippen molar-refractivity contribution in [2.24, 2.45) is 11.5 Å². The number of nitrogens with zero attached hydrogens (tertiary/aromatic N) is 2. The van der Waals surface area contributed by atoms with Gasteiger partial charge in [-0.05, 0) is 23.8 Å². The maximum Gasteiger partial charge on any atom is 0.306 e. The number of hydrogen-bond donors (Lipinski definition) is 4. The van der Waals surface area contributed by atoms with Gasteiger partial charge < -0.3 is 26.3 Å². The molecule has 0 saturated heterocycles. The first kappa shape index (κ1) is 22.5.